The lowest BCUT2D eigenvalue weighted by atomic mass is 10.0. The summed E-state index contributed by atoms with van der Waals surface area (Å²) in [7, 11) is 0. The van der Waals surface area contributed by atoms with Crippen LogP contribution < -0.4 is 11.3 Å². The molecule has 0 bridgehead atoms. The van der Waals surface area contributed by atoms with Crippen LogP contribution in [0.3, 0.4) is 0 Å². The van der Waals surface area contributed by atoms with Gasteiger partial charge in [-0.1, -0.05) is 0 Å². The van der Waals surface area contributed by atoms with Crippen LogP contribution >= 0.6 is 12.2 Å². The number of likely N-dealkylation sites (tertiary alicyclic amines) is 1. The third-order valence-electron chi connectivity index (χ3n) is 2.75. The number of nitrogens with one attached hydrogen (secondary N) is 1. The average Bonchev–Trinajstić information content (AvgIpc) is 2.67. The Labute approximate surface area is 88.5 Å². The Balaban J connectivity index is 1.88. The summed E-state index contributed by atoms with van der Waals surface area (Å²) < 4.78 is 11.2. The van der Waals surface area contributed by atoms with Crippen molar-refractivity contribution < 1.29 is 9.47 Å². The zero-order chi connectivity index (χ0) is 10.0. The second kappa shape index (κ2) is 3.98. The van der Waals surface area contributed by atoms with Crippen LogP contribution in [0.2, 0.25) is 0 Å². The summed E-state index contributed by atoms with van der Waals surface area (Å²) >= 11 is 5.05. The molecule has 2 aliphatic rings. The summed E-state index contributed by atoms with van der Waals surface area (Å²) in [5.41, 5.74) is 2.49. The minimum absolute atomic E-state index is 0.333. The molecule has 2 fully saturated rings. The molecule has 0 unspecified atom stereocenters. The maximum atomic E-state index is 5.60. The third-order valence-corrected chi connectivity index (χ3v) is 3.13. The molecule has 5 nitrogen and oxygen atoms in total. The van der Waals surface area contributed by atoms with Gasteiger partial charge in [0.2, 0.25) is 0 Å². The first-order chi connectivity index (χ1) is 6.76. The molecule has 0 atom stereocenters. The Hall–Kier alpha value is -0.430. The maximum absolute atomic E-state index is 5.60. The molecule has 0 aromatic rings. The van der Waals surface area contributed by atoms with Crippen molar-refractivity contribution in [3.63, 3.8) is 0 Å². The second-order valence-corrected chi connectivity index (χ2v) is 3.93. The lowest BCUT2D eigenvalue weighted by Gasteiger charge is -2.38. The van der Waals surface area contributed by atoms with E-state index in [2.05, 4.69) is 5.43 Å². The van der Waals surface area contributed by atoms with Crippen molar-refractivity contribution in [2.24, 2.45) is 5.84 Å². The van der Waals surface area contributed by atoms with E-state index in [1.54, 1.807) is 0 Å². The van der Waals surface area contributed by atoms with Crippen LogP contribution in [0.1, 0.15) is 12.8 Å². The predicted octanol–water partition coefficient (Wildman–Crippen LogP) is -0.426. The van der Waals surface area contributed by atoms with Gasteiger partial charge in [-0.25, -0.2) is 5.84 Å². The number of hydrogen-bond donors (Lipinski definition) is 2. The van der Waals surface area contributed by atoms with Crippen LogP contribution in [0.15, 0.2) is 0 Å². The van der Waals surface area contributed by atoms with E-state index < -0.39 is 0 Å². The smallest absolute Gasteiger partial charge is 0.183 e. The van der Waals surface area contributed by atoms with E-state index in [0.29, 0.717) is 18.3 Å². The van der Waals surface area contributed by atoms with Gasteiger partial charge in [0, 0.05) is 25.9 Å². The average molecular weight is 217 g/mol. The fourth-order valence-electron chi connectivity index (χ4n) is 1.93. The zero-order valence-electron chi connectivity index (χ0n) is 7.99. The fraction of sp³-hybridized carbons (Fsp3) is 0.875. The van der Waals surface area contributed by atoms with Gasteiger partial charge in [0.15, 0.2) is 10.9 Å². The minimum atomic E-state index is -0.333. The van der Waals surface area contributed by atoms with Crippen molar-refractivity contribution in [1.82, 2.24) is 10.3 Å². The first-order valence-electron chi connectivity index (χ1n) is 4.79. The first-order valence-corrected chi connectivity index (χ1v) is 5.20. The quantitative estimate of drug-likeness (QED) is 0.326. The largest absolute Gasteiger partial charge is 0.348 e. The number of rotatable bonds is 0. The van der Waals surface area contributed by atoms with Crippen LogP contribution in [0.25, 0.3) is 0 Å². The van der Waals surface area contributed by atoms with Crippen molar-refractivity contribution in [2.45, 2.75) is 18.6 Å². The van der Waals surface area contributed by atoms with Gasteiger partial charge >= 0.3 is 0 Å². The molecule has 0 amide bonds. The monoisotopic (exact) mass is 217 g/mol. The van der Waals surface area contributed by atoms with Crippen LogP contribution in [-0.2, 0) is 9.47 Å². The van der Waals surface area contributed by atoms with E-state index in [4.69, 9.17) is 27.5 Å². The third kappa shape index (κ3) is 1.83. The van der Waals surface area contributed by atoms with E-state index in [0.717, 1.165) is 25.9 Å². The van der Waals surface area contributed by atoms with E-state index in [1.807, 2.05) is 4.90 Å². The predicted molar refractivity (Wildman–Crippen MR) is 55.4 cm³/mol. The van der Waals surface area contributed by atoms with Crippen LogP contribution in [-0.4, -0.2) is 42.1 Å². The highest BCUT2D eigenvalue weighted by Gasteiger charge is 2.40. The molecule has 2 rings (SSSR count). The van der Waals surface area contributed by atoms with Gasteiger partial charge < -0.3 is 19.8 Å². The molecule has 2 aliphatic heterocycles. The molecular weight excluding hydrogens is 202 g/mol. The van der Waals surface area contributed by atoms with Gasteiger partial charge in [-0.05, 0) is 12.2 Å². The zero-order valence-corrected chi connectivity index (χ0v) is 8.81. The summed E-state index contributed by atoms with van der Waals surface area (Å²) in [5.74, 6) is 4.92. The van der Waals surface area contributed by atoms with Crippen LogP contribution in [0.4, 0.5) is 0 Å². The molecule has 14 heavy (non-hydrogen) atoms. The second-order valence-electron chi connectivity index (χ2n) is 3.54. The van der Waals surface area contributed by atoms with Gasteiger partial charge in [0.25, 0.3) is 0 Å². The van der Waals surface area contributed by atoms with Gasteiger partial charge in [-0.15, -0.1) is 0 Å². The Morgan fingerprint density at radius 2 is 1.86 bits per heavy atom. The van der Waals surface area contributed by atoms with E-state index in [-0.39, 0.29) is 5.79 Å². The molecule has 6 heteroatoms. The molecule has 2 heterocycles. The standard InChI is InChI=1S/C8H15N3O2S/c9-10-7(14)11-3-1-8(2-4-11)12-5-6-13-8/h1-6,9H2,(H,10,14). The summed E-state index contributed by atoms with van der Waals surface area (Å²) in [4.78, 5) is 2.03. The molecule has 0 saturated carbocycles. The maximum Gasteiger partial charge on any atom is 0.183 e. The number of nitrogens with two attached hydrogens (primary N) is 1. The van der Waals surface area contributed by atoms with Gasteiger partial charge in [0.1, 0.15) is 0 Å². The molecule has 80 valence electrons. The SMILES string of the molecule is NNC(=S)N1CCC2(CC1)OCCO2. The number of piperidine rings is 1. The van der Waals surface area contributed by atoms with Crippen molar-refractivity contribution in [1.29, 1.82) is 0 Å². The molecule has 3 N–H and O–H groups in total. The van der Waals surface area contributed by atoms with Gasteiger partial charge in [0.05, 0.1) is 13.2 Å². The molecular formula is C8H15N3O2S. The van der Waals surface area contributed by atoms with E-state index in [9.17, 15) is 0 Å². The minimum Gasteiger partial charge on any atom is -0.348 e. The van der Waals surface area contributed by atoms with Crippen LogP contribution in [0.5, 0.6) is 0 Å². The molecule has 1 spiro atoms. The van der Waals surface area contributed by atoms with E-state index >= 15 is 0 Å². The Bertz CT molecular complexity index is 221. The number of hydrogen-bond acceptors (Lipinski definition) is 4. The molecule has 0 aromatic carbocycles. The normalized spacial score (nSPS) is 25.4. The Morgan fingerprint density at radius 3 is 2.36 bits per heavy atom. The van der Waals surface area contributed by atoms with Gasteiger partial charge in [-0.3, -0.25) is 0 Å². The molecule has 0 aliphatic carbocycles. The topological polar surface area (TPSA) is 59.8 Å². The van der Waals surface area contributed by atoms with E-state index in [1.165, 1.54) is 0 Å². The van der Waals surface area contributed by atoms with Crippen molar-refractivity contribution in [3.8, 4) is 0 Å². The number of thiocarbonyl (C=S) groups is 1. The first kappa shape index (κ1) is 10.1. The molecule has 2 saturated heterocycles. The van der Waals surface area contributed by atoms with Crippen LogP contribution in [0, 0.1) is 0 Å². The van der Waals surface area contributed by atoms with Crippen molar-refractivity contribution in [2.75, 3.05) is 26.3 Å². The van der Waals surface area contributed by atoms with Gasteiger partial charge in [-0.2, -0.15) is 0 Å². The fourth-order valence-corrected chi connectivity index (χ4v) is 2.11. The molecule has 0 radical (unpaired) electrons. The Kier molecular flexibility index (Phi) is 2.87. The highest BCUT2D eigenvalue weighted by atomic mass is 32.1. The Morgan fingerprint density at radius 1 is 1.29 bits per heavy atom. The summed E-state index contributed by atoms with van der Waals surface area (Å²) in [6.45, 7) is 3.09. The highest BCUT2D eigenvalue weighted by Crippen LogP contribution is 2.31. The lowest BCUT2D eigenvalue weighted by Crippen LogP contribution is -2.51. The summed E-state index contributed by atoms with van der Waals surface area (Å²) in [6.07, 6.45) is 1.71. The van der Waals surface area contributed by atoms with Crippen molar-refractivity contribution >= 4 is 17.3 Å². The lowest BCUT2D eigenvalue weighted by molar-refractivity contribution is -0.180. The summed E-state index contributed by atoms with van der Waals surface area (Å²) in [5, 5.41) is 0.595. The van der Waals surface area contributed by atoms with Crippen molar-refractivity contribution in [3.05, 3.63) is 0 Å². The summed E-state index contributed by atoms with van der Waals surface area (Å²) in [6, 6.07) is 0. The number of ether oxygens (including phenoxy) is 2. The number of hydrazine groups is 1. The highest BCUT2D eigenvalue weighted by molar-refractivity contribution is 7.80. The molecule has 0 aromatic heterocycles. The number of nitrogens with zero attached hydrogens (tertiary/aromatic N) is 1.